The van der Waals surface area contributed by atoms with E-state index >= 15 is 0 Å². The lowest BCUT2D eigenvalue weighted by molar-refractivity contribution is -0.118. The zero-order valence-corrected chi connectivity index (χ0v) is 25.8. The molecule has 2 aromatic carbocycles. The number of ether oxygens (including phenoxy) is 2. The van der Waals surface area contributed by atoms with E-state index in [1.807, 2.05) is 61.9 Å². The highest BCUT2D eigenvalue weighted by Crippen LogP contribution is 2.48. The fourth-order valence-electron chi connectivity index (χ4n) is 5.08. The van der Waals surface area contributed by atoms with Crippen molar-refractivity contribution in [3.8, 4) is 11.5 Å². The van der Waals surface area contributed by atoms with Crippen LogP contribution in [0.3, 0.4) is 0 Å². The number of fused-ring (bicyclic) bond motifs is 1. The third kappa shape index (κ3) is 5.86. The lowest BCUT2D eigenvalue weighted by atomic mass is 9.73. The molecule has 10 heteroatoms. The monoisotopic (exact) mass is 630 g/mol. The number of carbonyl (C=O) groups is 1. The quantitative estimate of drug-likeness (QED) is 0.254. The van der Waals surface area contributed by atoms with Crippen LogP contribution in [0.1, 0.15) is 64.6 Å². The summed E-state index contributed by atoms with van der Waals surface area (Å²) in [5, 5.41) is 9.65. The SMILES string of the molecule is CCOc1cc(C2C3=C(CC(C)(C)CC3=O)Nc3nc(SCc4ccccc4Cl)nn32)cc(Br)c1OC(C)C. The van der Waals surface area contributed by atoms with Gasteiger partial charge in [0.05, 0.1) is 17.2 Å². The summed E-state index contributed by atoms with van der Waals surface area (Å²) in [5.41, 5.74) is 3.37. The van der Waals surface area contributed by atoms with Gasteiger partial charge in [-0.3, -0.25) is 4.79 Å². The van der Waals surface area contributed by atoms with E-state index in [0.717, 1.165) is 33.3 Å². The zero-order valence-electron chi connectivity index (χ0n) is 22.7. The number of hydrogen-bond acceptors (Lipinski definition) is 7. The number of nitrogens with one attached hydrogen (secondary N) is 1. The number of thioether (sulfide) groups is 1. The fourth-order valence-corrected chi connectivity index (χ4v) is 6.74. The topological polar surface area (TPSA) is 78.3 Å². The van der Waals surface area contributed by atoms with Crippen LogP contribution in [0, 0.1) is 5.41 Å². The minimum atomic E-state index is -0.453. The molecule has 0 amide bonds. The molecule has 0 spiro atoms. The van der Waals surface area contributed by atoms with Gasteiger partial charge in [0.15, 0.2) is 17.3 Å². The fraction of sp³-hybridized carbons (Fsp3) is 0.414. The third-order valence-electron chi connectivity index (χ3n) is 6.63. The number of carbonyl (C=O) groups excluding carboxylic acids is 1. The van der Waals surface area contributed by atoms with E-state index in [-0.39, 0.29) is 17.3 Å². The van der Waals surface area contributed by atoms with Gasteiger partial charge in [-0.2, -0.15) is 4.98 Å². The maximum atomic E-state index is 13.7. The molecular weight excluding hydrogens is 600 g/mol. The summed E-state index contributed by atoms with van der Waals surface area (Å²) in [7, 11) is 0. The molecule has 3 aromatic rings. The van der Waals surface area contributed by atoms with Crippen LogP contribution in [0.2, 0.25) is 5.02 Å². The van der Waals surface area contributed by atoms with E-state index in [4.69, 9.17) is 31.2 Å². The molecule has 2 aliphatic rings. The molecule has 1 aliphatic carbocycles. The first-order valence-corrected chi connectivity index (χ1v) is 15.2. The van der Waals surface area contributed by atoms with Crippen molar-refractivity contribution >= 4 is 51.0 Å². The number of allylic oxidation sites excluding steroid dienone is 2. The van der Waals surface area contributed by atoms with Gasteiger partial charge in [-0.1, -0.05) is 55.4 Å². The predicted molar refractivity (Wildman–Crippen MR) is 159 cm³/mol. The molecule has 206 valence electrons. The number of hydrogen-bond donors (Lipinski definition) is 1. The van der Waals surface area contributed by atoms with Crippen LogP contribution in [0.25, 0.3) is 0 Å². The van der Waals surface area contributed by atoms with Crippen molar-refractivity contribution in [1.82, 2.24) is 14.8 Å². The van der Waals surface area contributed by atoms with Crippen molar-refractivity contribution in [3.63, 3.8) is 0 Å². The molecule has 39 heavy (non-hydrogen) atoms. The van der Waals surface area contributed by atoms with Crippen LogP contribution in [0.15, 0.2) is 57.3 Å². The number of Topliss-reactive ketones (excluding diaryl/α,β-unsaturated/α-hetero) is 1. The Morgan fingerprint density at radius 1 is 1.26 bits per heavy atom. The van der Waals surface area contributed by atoms with Gasteiger partial charge in [0.25, 0.3) is 0 Å². The van der Waals surface area contributed by atoms with E-state index in [1.54, 1.807) is 0 Å². The standard InChI is InChI=1S/C29H32BrClN4O3S/c1-6-37-23-12-18(11-19(30)26(23)38-16(2)3)25-24-21(13-29(4,5)14-22(24)36)32-27-33-28(34-35(25)27)39-15-17-9-7-8-10-20(17)31/h7-12,16,25H,6,13-15H2,1-5H3,(H,32,33,34). The second kappa shape index (κ2) is 11.2. The molecule has 1 N–H and O–H groups in total. The van der Waals surface area contributed by atoms with E-state index in [0.29, 0.717) is 46.4 Å². The number of ketones is 1. The highest BCUT2D eigenvalue weighted by Gasteiger charge is 2.42. The number of halogens is 2. The maximum Gasteiger partial charge on any atom is 0.227 e. The number of benzene rings is 2. The number of aromatic nitrogens is 3. The van der Waals surface area contributed by atoms with Crippen LogP contribution in [0.4, 0.5) is 5.95 Å². The molecule has 1 atom stereocenters. The van der Waals surface area contributed by atoms with Gasteiger partial charge in [0.1, 0.15) is 6.04 Å². The molecule has 0 saturated carbocycles. The Labute approximate surface area is 246 Å². The molecule has 1 aliphatic heterocycles. The molecule has 1 unspecified atom stereocenters. The molecule has 2 heterocycles. The Bertz CT molecular complexity index is 1450. The van der Waals surface area contributed by atoms with Gasteiger partial charge in [0.2, 0.25) is 11.1 Å². The molecule has 7 nitrogen and oxygen atoms in total. The number of rotatable bonds is 8. The number of anilines is 1. The Hall–Kier alpha value is -2.49. The van der Waals surface area contributed by atoms with E-state index < -0.39 is 6.04 Å². The maximum absolute atomic E-state index is 13.7. The largest absolute Gasteiger partial charge is 0.490 e. The van der Waals surface area contributed by atoms with E-state index in [9.17, 15) is 4.79 Å². The average molecular weight is 632 g/mol. The van der Waals surface area contributed by atoms with Crippen LogP contribution in [-0.4, -0.2) is 33.3 Å². The lowest BCUT2D eigenvalue weighted by Crippen LogP contribution is -2.36. The Morgan fingerprint density at radius 2 is 2.03 bits per heavy atom. The molecule has 0 fully saturated rings. The predicted octanol–water partition coefficient (Wildman–Crippen LogP) is 7.83. The summed E-state index contributed by atoms with van der Waals surface area (Å²) >= 11 is 11.6. The normalized spacial score (nSPS) is 18.1. The van der Waals surface area contributed by atoms with Crippen molar-refractivity contribution < 1.29 is 14.3 Å². The third-order valence-corrected chi connectivity index (χ3v) is 8.47. The van der Waals surface area contributed by atoms with Gasteiger partial charge in [-0.05, 0) is 77.9 Å². The van der Waals surface area contributed by atoms with Crippen LogP contribution in [-0.2, 0) is 10.5 Å². The molecule has 0 saturated heterocycles. The van der Waals surface area contributed by atoms with Crippen molar-refractivity contribution in [3.05, 3.63) is 68.3 Å². The van der Waals surface area contributed by atoms with Gasteiger partial charge in [-0.25, -0.2) is 4.68 Å². The summed E-state index contributed by atoms with van der Waals surface area (Å²) in [6.45, 7) is 10.6. The van der Waals surface area contributed by atoms with Crippen LogP contribution < -0.4 is 14.8 Å². The molecule has 0 radical (unpaired) electrons. The summed E-state index contributed by atoms with van der Waals surface area (Å²) in [6.07, 6.45) is 1.19. The molecule has 1 aromatic heterocycles. The van der Waals surface area contributed by atoms with Gasteiger partial charge in [-0.15, -0.1) is 5.10 Å². The van der Waals surface area contributed by atoms with Crippen molar-refractivity contribution in [2.75, 3.05) is 11.9 Å². The van der Waals surface area contributed by atoms with Crippen LogP contribution >= 0.6 is 39.3 Å². The summed E-state index contributed by atoms with van der Waals surface area (Å²) in [4.78, 5) is 18.5. The Morgan fingerprint density at radius 3 is 2.74 bits per heavy atom. The lowest BCUT2D eigenvalue weighted by Gasteiger charge is -2.38. The summed E-state index contributed by atoms with van der Waals surface area (Å²) < 4.78 is 14.7. The minimum Gasteiger partial charge on any atom is -0.490 e. The first-order valence-electron chi connectivity index (χ1n) is 13.0. The Kier molecular flexibility index (Phi) is 8.04. The van der Waals surface area contributed by atoms with Crippen molar-refractivity contribution in [2.24, 2.45) is 5.41 Å². The average Bonchev–Trinajstić information content (AvgIpc) is 3.26. The summed E-state index contributed by atoms with van der Waals surface area (Å²) in [6, 6.07) is 11.3. The van der Waals surface area contributed by atoms with Crippen molar-refractivity contribution in [2.45, 2.75) is 70.5 Å². The highest BCUT2D eigenvalue weighted by atomic mass is 79.9. The summed E-state index contributed by atoms with van der Waals surface area (Å²) in [5.74, 6) is 2.62. The van der Waals surface area contributed by atoms with Crippen LogP contribution in [0.5, 0.6) is 11.5 Å². The highest BCUT2D eigenvalue weighted by molar-refractivity contribution is 9.10. The van der Waals surface area contributed by atoms with Gasteiger partial charge < -0.3 is 14.8 Å². The van der Waals surface area contributed by atoms with E-state index in [2.05, 4.69) is 35.1 Å². The molecule has 0 bridgehead atoms. The van der Waals surface area contributed by atoms with Gasteiger partial charge >= 0.3 is 0 Å². The second-order valence-corrected chi connectivity index (χ2v) is 13.0. The number of nitrogens with zero attached hydrogens (tertiary/aromatic N) is 3. The first-order chi connectivity index (χ1) is 18.6. The molecule has 5 rings (SSSR count). The first kappa shape index (κ1) is 28.1. The molecular formula is C29H32BrClN4O3S. The smallest absolute Gasteiger partial charge is 0.227 e. The van der Waals surface area contributed by atoms with Crippen molar-refractivity contribution in [1.29, 1.82) is 0 Å². The Balaban J connectivity index is 1.59. The van der Waals surface area contributed by atoms with E-state index in [1.165, 1.54) is 11.8 Å². The zero-order chi connectivity index (χ0) is 27.9. The van der Waals surface area contributed by atoms with Gasteiger partial charge in [0, 0.05) is 28.5 Å². The minimum absolute atomic E-state index is 0.0266. The second-order valence-electron chi connectivity index (χ2n) is 10.8.